The van der Waals surface area contributed by atoms with Gasteiger partial charge in [0.1, 0.15) is 0 Å². The first-order valence-corrected chi connectivity index (χ1v) is 9.86. The third-order valence-electron chi connectivity index (χ3n) is 3.67. The maximum atomic E-state index is 12.4. The van der Waals surface area contributed by atoms with E-state index in [1.165, 1.54) is 24.3 Å². The van der Waals surface area contributed by atoms with Crippen molar-refractivity contribution in [3.05, 3.63) is 58.6 Å². The van der Waals surface area contributed by atoms with Crippen molar-refractivity contribution in [2.45, 2.75) is 18.2 Å². The summed E-state index contributed by atoms with van der Waals surface area (Å²) in [5.41, 5.74) is 1.53. The first-order valence-electron chi connectivity index (χ1n) is 7.99. The lowest BCUT2D eigenvalue weighted by Gasteiger charge is -2.12. The highest BCUT2D eigenvalue weighted by Crippen LogP contribution is 2.22. The Labute approximate surface area is 158 Å². The number of rotatable bonds is 8. The molecular weight excluding hydrogens is 376 g/mol. The van der Waals surface area contributed by atoms with Crippen molar-refractivity contribution >= 4 is 33.2 Å². The van der Waals surface area contributed by atoms with Gasteiger partial charge in [0, 0.05) is 30.8 Å². The van der Waals surface area contributed by atoms with Crippen LogP contribution in [0.1, 0.15) is 22.3 Å². The molecule has 0 saturated heterocycles. The number of amides is 1. The van der Waals surface area contributed by atoms with Crippen LogP contribution in [-0.2, 0) is 14.8 Å². The second-order valence-electron chi connectivity index (χ2n) is 5.69. The fourth-order valence-corrected chi connectivity index (χ4v) is 3.51. The van der Waals surface area contributed by atoms with Crippen molar-refractivity contribution in [2.75, 3.05) is 25.0 Å². The monoisotopic (exact) mass is 396 g/mol. The van der Waals surface area contributed by atoms with Gasteiger partial charge in [-0.15, -0.1) is 0 Å². The molecule has 0 fully saturated rings. The highest BCUT2D eigenvalue weighted by molar-refractivity contribution is 7.92. The van der Waals surface area contributed by atoms with Gasteiger partial charge in [-0.05, 0) is 61.4 Å². The van der Waals surface area contributed by atoms with E-state index < -0.39 is 10.0 Å². The van der Waals surface area contributed by atoms with Crippen molar-refractivity contribution < 1.29 is 17.9 Å². The van der Waals surface area contributed by atoms with Crippen LogP contribution in [0.15, 0.2) is 47.4 Å². The summed E-state index contributed by atoms with van der Waals surface area (Å²) >= 11 is 5.79. The summed E-state index contributed by atoms with van der Waals surface area (Å²) in [6.45, 7) is 2.82. The molecule has 0 aliphatic carbocycles. The van der Waals surface area contributed by atoms with Crippen LogP contribution in [0.4, 0.5) is 5.69 Å². The number of halogens is 1. The summed E-state index contributed by atoms with van der Waals surface area (Å²) in [6, 6.07) is 10.7. The van der Waals surface area contributed by atoms with Gasteiger partial charge in [0.2, 0.25) is 0 Å². The Bertz CT molecular complexity index is 867. The number of hydrogen-bond acceptors (Lipinski definition) is 4. The van der Waals surface area contributed by atoms with Crippen molar-refractivity contribution in [3.63, 3.8) is 0 Å². The van der Waals surface area contributed by atoms with E-state index in [4.69, 9.17) is 16.3 Å². The Morgan fingerprint density at radius 2 is 1.85 bits per heavy atom. The third kappa shape index (κ3) is 5.45. The van der Waals surface area contributed by atoms with Crippen LogP contribution >= 0.6 is 11.6 Å². The zero-order chi connectivity index (χ0) is 19.2. The average molecular weight is 397 g/mol. The van der Waals surface area contributed by atoms with E-state index in [-0.39, 0.29) is 10.8 Å². The lowest BCUT2D eigenvalue weighted by atomic mass is 10.1. The number of hydrogen-bond donors (Lipinski definition) is 2. The SMILES string of the molecule is COCCCNC(=O)c1ccc(NS(=O)(=O)c2ccc(Cl)cc2)c(C)c1. The largest absolute Gasteiger partial charge is 0.385 e. The number of carbonyl (C=O) groups excluding carboxylic acids is 1. The number of aryl methyl sites for hydroxylation is 1. The fourth-order valence-electron chi connectivity index (χ4n) is 2.26. The van der Waals surface area contributed by atoms with E-state index in [1.807, 2.05) is 0 Å². The van der Waals surface area contributed by atoms with Crippen molar-refractivity contribution in [3.8, 4) is 0 Å². The van der Waals surface area contributed by atoms with E-state index in [1.54, 1.807) is 32.2 Å². The molecule has 26 heavy (non-hydrogen) atoms. The maximum absolute atomic E-state index is 12.4. The molecule has 0 aliphatic rings. The second kappa shape index (κ2) is 9.02. The highest BCUT2D eigenvalue weighted by atomic mass is 35.5. The second-order valence-corrected chi connectivity index (χ2v) is 7.81. The van der Waals surface area contributed by atoms with Crippen LogP contribution in [0.2, 0.25) is 5.02 Å². The zero-order valence-corrected chi connectivity index (χ0v) is 16.2. The fraction of sp³-hybridized carbons (Fsp3) is 0.278. The smallest absolute Gasteiger partial charge is 0.261 e. The summed E-state index contributed by atoms with van der Waals surface area (Å²) in [5, 5.41) is 3.25. The average Bonchev–Trinajstić information content (AvgIpc) is 2.60. The van der Waals surface area contributed by atoms with E-state index in [0.717, 1.165) is 6.42 Å². The first kappa shape index (κ1) is 20.2. The molecule has 0 bridgehead atoms. The predicted molar refractivity (Wildman–Crippen MR) is 102 cm³/mol. The molecule has 2 N–H and O–H groups in total. The van der Waals surface area contributed by atoms with Gasteiger partial charge in [0.05, 0.1) is 10.6 Å². The van der Waals surface area contributed by atoms with Gasteiger partial charge in [-0.2, -0.15) is 0 Å². The molecule has 0 radical (unpaired) electrons. The summed E-state index contributed by atoms with van der Waals surface area (Å²) < 4.78 is 32.3. The molecule has 140 valence electrons. The summed E-state index contributed by atoms with van der Waals surface area (Å²) in [4.78, 5) is 12.2. The van der Waals surface area contributed by atoms with Gasteiger partial charge in [-0.3, -0.25) is 9.52 Å². The van der Waals surface area contributed by atoms with Crippen LogP contribution < -0.4 is 10.0 Å². The number of benzene rings is 2. The summed E-state index contributed by atoms with van der Waals surface area (Å²) in [5.74, 6) is -0.212. The standard InChI is InChI=1S/C18H21ClN2O4S/c1-13-12-14(18(22)20-10-3-11-25-2)4-9-17(13)21-26(23,24)16-7-5-15(19)6-8-16/h4-9,12,21H,3,10-11H2,1-2H3,(H,20,22). The Kier molecular flexibility index (Phi) is 7.02. The molecule has 0 unspecified atom stereocenters. The number of nitrogens with one attached hydrogen (secondary N) is 2. The Morgan fingerprint density at radius 3 is 2.46 bits per heavy atom. The number of carbonyl (C=O) groups is 1. The van der Waals surface area contributed by atoms with E-state index >= 15 is 0 Å². The molecule has 2 rings (SSSR count). The third-order valence-corrected chi connectivity index (χ3v) is 5.30. The molecule has 0 heterocycles. The molecular formula is C18H21ClN2O4S. The summed E-state index contributed by atoms with van der Waals surface area (Å²) in [7, 11) is -2.12. The molecule has 0 saturated carbocycles. The molecule has 2 aromatic carbocycles. The molecule has 0 spiro atoms. The van der Waals surface area contributed by atoms with Gasteiger partial charge >= 0.3 is 0 Å². The topological polar surface area (TPSA) is 84.5 Å². The molecule has 8 heteroatoms. The lowest BCUT2D eigenvalue weighted by Crippen LogP contribution is -2.25. The lowest BCUT2D eigenvalue weighted by molar-refractivity contribution is 0.0948. The minimum Gasteiger partial charge on any atom is -0.385 e. The molecule has 0 aromatic heterocycles. The summed E-state index contributed by atoms with van der Waals surface area (Å²) in [6.07, 6.45) is 0.722. The van der Waals surface area contributed by atoms with E-state index in [9.17, 15) is 13.2 Å². The Hall–Kier alpha value is -2.09. The molecule has 0 aliphatic heterocycles. The minimum absolute atomic E-state index is 0.112. The molecule has 1 amide bonds. The number of sulfonamides is 1. The maximum Gasteiger partial charge on any atom is 0.261 e. The van der Waals surface area contributed by atoms with Crippen LogP contribution in [0.3, 0.4) is 0 Å². The van der Waals surface area contributed by atoms with Crippen molar-refractivity contribution in [2.24, 2.45) is 0 Å². The molecule has 6 nitrogen and oxygen atoms in total. The van der Waals surface area contributed by atoms with Crippen LogP contribution in [0, 0.1) is 6.92 Å². The number of ether oxygens (including phenoxy) is 1. The zero-order valence-electron chi connectivity index (χ0n) is 14.6. The Balaban J connectivity index is 2.09. The predicted octanol–water partition coefficient (Wildman–Crippen LogP) is 3.22. The Morgan fingerprint density at radius 1 is 1.15 bits per heavy atom. The van der Waals surface area contributed by atoms with Gasteiger partial charge in [-0.1, -0.05) is 11.6 Å². The minimum atomic E-state index is -3.73. The van der Waals surface area contributed by atoms with Gasteiger partial charge < -0.3 is 10.1 Å². The van der Waals surface area contributed by atoms with Gasteiger partial charge in [0.25, 0.3) is 15.9 Å². The van der Waals surface area contributed by atoms with Crippen molar-refractivity contribution in [1.82, 2.24) is 5.32 Å². The number of methoxy groups -OCH3 is 1. The highest BCUT2D eigenvalue weighted by Gasteiger charge is 2.16. The van der Waals surface area contributed by atoms with Crippen molar-refractivity contribution in [1.29, 1.82) is 0 Å². The number of anilines is 1. The van der Waals surface area contributed by atoms with Crippen LogP contribution in [-0.4, -0.2) is 34.6 Å². The molecule has 2 aromatic rings. The van der Waals surface area contributed by atoms with Gasteiger partial charge in [-0.25, -0.2) is 8.42 Å². The van der Waals surface area contributed by atoms with Gasteiger partial charge in [0.15, 0.2) is 0 Å². The quantitative estimate of drug-likeness (QED) is 0.671. The molecule has 0 atom stereocenters. The first-order chi connectivity index (χ1) is 12.3. The van der Waals surface area contributed by atoms with E-state index in [0.29, 0.717) is 35.0 Å². The normalized spacial score (nSPS) is 11.2. The van der Waals surface area contributed by atoms with Crippen LogP contribution in [0.5, 0.6) is 0 Å². The van der Waals surface area contributed by atoms with Crippen LogP contribution in [0.25, 0.3) is 0 Å². The van der Waals surface area contributed by atoms with E-state index in [2.05, 4.69) is 10.0 Å².